The molecule has 4 aliphatic rings. The summed E-state index contributed by atoms with van der Waals surface area (Å²) in [6, 6.07) is 0. The Labute approximate surface area is 256 Å². The van der Waals surface area contributed by atoms with E-state index in [1.54, 1.807) is 0 Å². The van der Waals surface area contributed by atoms with Gasteiger partial charge < -0.3 is 98.8 Å². The van der Waals surface area contributed by atoms with Crippen LogP contribution in [0.2, 0.25) is 0 Å². The van der Waals surface area contributed by atoms with Gasteiger partial charge in [-0.2, -0.15) is 0 Å². The molecular weight excluding hydrogens is 620 g/mol. The molecule has 0 saturated carbocycles. The minimum Gasteiger partial charge on any atom is -0.394 e. The van der Waals surface area contributed by atoms with Gasteiger partial charge in [-0.05, 0) is 6.92 Å². The fraction of sp³-hybridized carbons (Fsp3) is 1.00. The summed E-state index contributed by atoms with van der Waals surface area (Å²) in [5, 5.41) is 113. The van der Waals surface area contributed by atoms with E-state index in [1.807, 2.05) is 0 Å². The molecule has 0 amide bonds. The molecule has 0 aromatic rings. The van der Waals surface area contributed by atoms with Crippen molar-refractivity contribution >= 4 is 0 Å². The molecule has 0 aliphatic carbocycles. The molecule has 4 heterocycles. The first-order valence-electron chi connectivity index (χ1n) is 14.4. The van der Waals surface area contributed by atoms with E-state index in [0.29, 0.717) is 0 Å². The minimum atomic E-state index is -1.91. The molecule has 4 saturated heterocycles. The van der Waals surface area contributed by atoms with Crippen molar-refractivity contribution in [1.29, 1.82) is 0 Å². The highest BCUT2D eigenvalue weighted by Crippen LogP contribution is 2.40. The van der Waals surface area contributed by atoms with Gasteiger partial charge in [0.05, 0.1) is 26.4 Å². The Morgan fingerprint density at radius 2 is 1.24 bits per heavy atom. The molecule has 11 N–H and O–H groups in total. The summed E-state index contributed by atoms with van der Waals surface area (Å²) in [4.78, 5) is 0. The van der Waals surface area contributed by atoms with Gasteiger partial charge in [0.25, 0.3) is 0 Å². The number of aliphatic hydroxyl groups is 11. The molecule has 0 spiro atoms. The van der Waals surface area contributed by atoms with Crippen LogP contribution in [0.25, 0.3) is 0 Å². The van der Waals surface area contributed by atoms with Gasteiger partial charge in [0.1, 0.15) is 85.5 Å². The predicted octanol–water partition coefficient (Wildman–Crippen LogP) is -7.45. The van der Waals surface area contributed by atoms with E-state index >= 15 is 0 Å². The van der Waals surface area contributed by atoms with Crippen LogP contribution >= 0.6 is 0 Å². The quantitative estimate of drug-likeness (QED) is 0.0572. The molecule has 20 nitrogen and oxygen atoms in total. The van der Waals surface area contributed by atoms with Crippen LogP contribution in [0.4, 0.5) is 0 Å². The summed E-state index contributed by atoms with van der Waals surface area (Å²) in [5.74, 6) is 0. The molecule has 0 radical (unpaired) electrons. The van der Waals surface area contributed by atoms with Crippen molar-refractivity contribution in [3.8, 4) is 0 Å². The van der Waals surface area contributed by atoms with Gasteiger partial charge in [0, 0.05) is 7.11 Å². The summed E-state index contributed by atoms with van der Waals surface area (Å²) >= 11 is 0. The zero-order valence-electron chi connectivity index (χ0n) is 24.4. The van der Waals surface area contributed by atoms with Gasteiger partial charge in [0.2, 0.25) is 0 Å². The molecule has 19 atom stereocenters. The number of fused-ring (bicyclic) bond motifs is 1. The first-order chi connectivity index (χ1) is 21.4. The lowest BCUT2D eigenvalue weighted by Gasteiger charge is -2.48. The van der Waals surface area contributed by atoms with Gasteiger partial charge in [-0.25, -0.2) is 0 Å². The van der Waals surface area contributed by atoms with Crippen molar-refractivity contribution in [2.24, 2.45) is 0 Å². The maximum absolute atomic E-state index is 11.2. The molecule has 7 unspecified atom stereocenters. The van der Waals surface area contributed by atoms with Crippen LogP contribution in [0.5, 0.6) is 0 Å². The zero-order chi connectivity index (χ0) is 33.2. The second-order valence-electron chi connectivity index (χ2n) is 11.1. The minimum absolute atomic E-state index is 0.757. The summed E-state index contributed by atoms with van der Waals surface area (Å²) < 4.78 is 49.6. The van der Waals surface area contributed by atoms with Gasteiger partial charge in [-0.1, -0.05) is 0 Å². The third-order valence-corrected chi connectivity index (χ3v) is 7.94. The second-order valence-corrected chi connectivity index (χ2v) is 11.1. The summed E-state index contributed by atoms with van der Waals surface area (Å²) in [7, 11) is 1.28. The number of methoxy groups -OCH3 is 1. The third kappa shape index (κ3) is 8.09. The normalized spacial score (nSPS) is 46.2. The first kappa shape index (κ1) is 37.0. The fourth-order valence-corrected chi connectivity index (χ4v) is 5.27. The molecule has 20 heteroatoms. The van der Waals surface area contributed by atoms with Gasteiger partial charge in [-0.3, -0.25) is 0 Å². The third-order valence-electron chi connectivity index (χ3n) is 7.94. The van der Waals surface area contributed by atoms with Crippen molar-refractivity contribution in [3.05, 3.63) is 0 Å². The van der Waals surface area contributed by atoms with Crippen LogP contribution < -0.4 is 0 Å². The van der Waals surface area contributed by atoms with Crippen LogP contribution in [-0.4, -0.2) is 207 Å². The van der Waals surface area contributed by atoms with Gasteiger partial charge in [-0.15, -0.1) is 0 Å². The number of hydrogen-bond acceptors (Lipinski definition) is 20. The highest BCUT2D eigenvalue weighted by atomic mass is 16.8. The predicted molar refractivity (Wildman–Crippen MR) is 137 cm³/mol. The van der Waals surface area contributed by atoms with Crippen molar-refractivity contribution in [3.63, 3.8) is 0 Å². The van der Waals surface area contributed by atoms with E-state index < -0.39 is 143 Å². The molecular formula is C25H44O20. The highest BCUT2D eigenvalue weighted by Gasteiger charge is 2.60. The lowest BCUT2D eigenvalue weighted by atomic mass is 9.96. The Morgan fingerprint density at radius 3 is 1.82 bits per heavy atom. The van der Waals surface area contributed by atoms with Crippen LogP contribution in [0.15, 0.2) is 0 Å². The molecule has 4 rings (SSSR count). The summed E-state index contributed by atoms with van der Waals surface area (Å²) in [6.45, 7) is -2.08. The van der Waals surface area contributed by atoms with Crippen molar-refractivity contribution in [2.75, 3.05) is 33.5 Å². The largest absolute Gasteiger partial charge is 0.394 e. The molecule has 4 fully saturated rings. The molecule has 4 aliphatic heterocycles. The molecule has 264 valence electrons. The molecule has 0 bridgehead atoms. The van der Waals surface area contributed by atoms with Crippen LogP contribution in [0.3, 0.4) is 0 Å². The Hall–Kier alpha value is -0.800. The number of ether oxygens (including phenoxy) is 9. The second kappa shape index (κ2) is 16.1. The summed E-state index contributed by atoms with van der Waals surface area (Å²) in [5.41, 5.74) is 0. The van der Waals surface area contributed by atoms with Crippen LogP contribution in [-0.2, 0) is 42.6 Å². The maximum Gasteiger partial charge on any atom is 0.190 e. The van der Waals surface area contributed by atoms with Crippen molar-refractivity contribution in [1.82, 2.24) is 0 Å². The van der Waals surface area contributed by atoms with E-state index in [2.05, 4.69) is 0 Å². The number of hydrogen-bond donors (Lipinski definition) is 11. The lowest BCUT2D eigenvalue weighted by Crippen LogP contribution is -2.66. The standard InChI is InChI=1S/C25H44O20/c1-7(30)21(38-9(4-27)8(31)3-26)43-19-14(34)12(32)10(5-28)40-24(19)41-17-13(33)11(6-29)39-23(15(17)35)42-18-16(36)22(37-2)45-25-20(18)44-25/h7-36H,3-6H2,1-2H3/t7-,8+,9?,10?,11?,12-,13-,14?,15-,16+,17?,18?,19-,20-,21-,22-,23+,24+,25?/m1/s1. The van der Waals surface area contributed by atoms with Gasteiger partial charge >= 0.3 is 0 Å². The Bertz CT molecular complexity index is 901. The van der Waals surface area contributed by atoms with E-state index in [9.17, 15) is 56.2 Å². The Morgan fingerprint density at radius 1 is 0.644 bits per heavy atom. The van der Waals surface area contributed by atoms with Crippen molar-refractivity contribution < 1.29 is 98.8 Å². The average Bonchev–Trinajstić information content (AvgIpc) is 3.81. The maximum atomic E-state index is 11.2. The highest BCUT2D eigenvalue weighted by molar-refractivity contribution is 4.99. The van der Waals surface area contributed by atoms with Crippen molar-refractivity contribution in [2.45, 2.75) is 124 Å². The van der Waals surface area contributed by atoms with Gasteiger partial charge in [0.15, 0.2) is 31.5 Å². The number of rotatable bonds is 15. The lowest BCUT2D eigenvalue weighted by molar-refractivity contribution is -0.385. The Balaban J connectivity index is 1.56. The molecule has 0 aromatic carbocycles. The monoisotopic (exact) mass is 664 g/mol. The fourth-order valence-electron chi connectivity index (χ4n) is 5.27. The van der Waals surface area contributed by atoms with Crippen LogP contribution in [0.1, 0.15) is 6.92 Å². The molecule has 45 heavy (non-hydrogen) atoms. The molecule has 0 aromatic heterocycles. The smallest absolute Gasteiger partial charge is 0.190 e. The zero-order valence-corrected chi connectivity index (χ0v) is 24.4. The van der Waals surface area contributed by atoms with Crippen LogP contribution in [0, 0.1) is 0 Å². The summed E-state index contributed by atoms with van der Waals surface area (Å²) in [6.07, 6.45) is -28.8. The van der Waals surface area contributed by atoms with E-state index in [1.165, 1.54) is 14.0 Å². The average molecular weight is 665 g/mol. The van der Waals surface area contributed by atoms with E-state index in [-0.39, 0.29) is 0 Å². The topological polar surface area (TPSA) is 309 Å². The number of aliphatic hydroxyl groups excluding tert-OH is 11. The SMILES string of the molecule is CO[C@@H]1OC2O[C@@H]2C(O[C@@H]2OC(CO)[C@@H](O)C(O[C@@H]3OC(CO)[C@@H](O)C(O)[C@H]3O[C@@H](OC(CO)[C@@H](O)CO)[C@@H](C)O)[C@H]2O)[C@@H]1O. The number of epoxide rings is 1. The van der Waals surface area contributed by atoms with E-state index in [4.69, 9.17) is 42.6 Å². The Kier molecular flexibility index (Phi) is 13.2. The first-order valence-corrected chi connectivity index (χ1v) is 14.4. The van der Waals surface area contributed by atoms with E-state index in [0.717, 1.165) is 0 Å².